The van der Waals surface area contributed by atoms with Gasteiger partial charge in [0.2, 0.25) is 5.91 Å². The lowest BCUT2D eigenvalue weighted by molar-refractivity contribution is -0.116. The summed E-state index contributed by atoms with van der Waals surface area (Å²) >= 11 is 7.43. The number of thiazole rings is 1. The number of aromatic nitrogens is 3. The molecular formula is C15H13ClN4OS. The summed E-state index contributed by atoms with van der Waals surface area (Å²) < 4.78 is 1.57. The molecule has 2 aromatic heterocycles. The van der Waals surface area contributed by atoms with Gasteiger partial charge in [-0.1, -0.05) is 23.7 Å². The van der Waals surface area contributed by atoms with Gasteiger partial charge >= 0.3 is 0 Å². The number of rotatable bonds is 5. The first kappa shape index (κ1) is 14.7. The lowest BCUT2D eigenvalue weighted by Crippen LogP contribution is -2.18. The van der Waals surface area contributed by atoms with E-state index >= 15 is 0 Å². The molecule has 3 aromatic rings. The number of nitrogens with one attached hydrogen (secondary N) is 1. The number of hydrogen-bond acceptors (Lipinski definition) is 4. The van der Waals surface area contributed by atoms with E-state index in [4.69, 9.17) is 11.6 Å². The third kappa shape index (κ3) is 3.93. The lowest BCUT2D eigenvalue weighted by atomic mass is 10.1. The van der Waals surface area contributed by atoms with Gasteiger partial charge in [0.1, 0.15) is 6.54 Å². The van der Waals surface area contributed by atoms with Crippen molar-refractivity contribution in [2.75, 3.05) is 5.32 Å². The van der Waals surface area contributed by atoms with Gasteiger partial charge in [0, 0.05) is 34.9 Å². The molecule has 0 aliphatic heterocycles. The Morgan fingerprint density at radius 1 is 1.36 bits per heavy atom. The standard InChI is InChI=1S/C15H13ClN4OS/c16-12-4-1-3-11(7-12)8-13-9-17-15(22-13)19-14(21)10-20-6-2-5-18-20/h1-7,9H,8,10H2,(H,17,19,21). The van der Waals surface area contributed by atoms with Crippen LogP contribution in [0.1, 0.15) is 10.4 Å². The van der Waals surface area contributed by atoms with Gasteiger partial charge in [0.15, 0.2) is 5.13 Å². The summed E-state index contributed by atoms with van der Waals surface area (Å²) in [4.78, 5) is 17.2. The molecular weight excluding hydrogens is 320 g/mol. The molecule has 5 nitrogen and oxygen atoms in total. The number of anilines is 1. The van der Waals surface area contributed by atoms with E-state index in [1.165, 1.54) is 11.3 Å². The van der Waals surface area contributed by atoms with E-state index in [2.05, 4.69) is 15.4 Å². The smallest absolute Gasteiger partial charge is 0.247 e. The van der Waals surface area contributed by atoms with Gasteiger partial charge in [0.05, 0.1) is 0 Å². The summed E-state index contributed by atoms with van der Waals surface area (Å²) in [6.45, 7) is 0.177. The van der Waals surface area contributed by atoms with E-state index in [-0.39, 0.29) is 12.5 Å². The zero-order valence-electron chi connectivity index (χ0n) is 11.6. The number of nitrogens with zero attached hydrogens (tertiary/aromatic N) is 3. The molecule has 0 saturated heterocycles. The van der Waals surface area contributed by atoms with E-state index in [0.717, 1.165) is 21.9 Å². The Kier molecular flexibility index (Phi) is 4.50. The van der Waals surface area contributed by atoms with Crippen LogP contribution in [-0.2, 0) is 17.8 Å². The summed E-state index contributed by atoms with van der Waals surface area (Å²) in [5.74, 6) is -0.146. The van der Waals surface area contributed by atoms with Crippen molar-refractivity contribution in [3.05, 3.63) is 64.4 Å². The maximum atomic E-state index is 11.9. The second-order valence-electron chi connectivity index (χ2n) is 4.69. The van der Waals surface area contributed by atoms with Crippen molar-refractivity contribution in [3.8, 4) is 0 Å². The maximum Gasteiger partial charge on any atom is 0.247 e. The highest BCUT2D eigenvalue weighted by molar-refractivity contribution is 7.15. The van der Waals surface area contributed by atoms with Gasteiger partial charge in [-0.2, -0.15) is 5.10 Å². The van der Waals surface area contributed by atoms with Crippen LogP contribution in [0.15, 0.2) is 48.9 Å². The van der Waals surface area contributed by atoms with Crippen LogP contribution in [0.3, 0.4) is 0 Å². The SMILES string of the molecule is O=C(Cn1cccn1)Nc1ncc(Cc2cccc(Cl)c2)s1. The highest BCUT2D eigenvalue weighted by Gasteiger charge is 2.08. The number of amides is 1. The van der Waals surface area contributed by atoms with Gasteiger partial charge in [-0.25, -0.2) is 4.98 Å². The minimum Gasteiger partial charge on any atom is -0.300 e. The fraction of sp³-hybridized carbons (Fsp3) is 0.133. The van der Waals surface area contributed by atoms with Crippen LogP contribution >= 0.6 is 22.9 Å². The molecule has 0 aliphatic rings. The van der Waals surface area contributed by atoms with Crippen LogP contribution < -0.4 is 5.32 Å². The molecule has 0 radical (unpaired) electrons. The zero-order chi connectivity index (χ0) is 15.4. The van der Waals surface area contributed by atoms with Gasteiger partial charge in [0.25, 0.3) is 0 Å². The fourth-order valence-electron chi connectivity index (χ4n) is 2.00. The Balaban J connectivity index is 1.60. The Bertz CT molecular complexity index is 769. The number of benzene rings is 1. The monoisotopic (exact) mass is 332 g/mol. The van der Waals surface area contributed by atoms with Crippen molar-refractivity contribution in [1.29, 1.82) is 0 Å². The van der Waals surface area contributed by atoms with Crippen molar-refractivity contribution >= 4 is 34.0 Å². The number of halogens is 1. The Morgan fingerprint density at radius 2 is 2.27 bits per heavy atom. The fourth-order valence-corrected chi connectivity index (χ4v) is 3.07. The van der Waals surface area contributed by atoms with Crippen molar-refractivity contribution < 1.29 is 4.79 Å². The quantitative estimate of drug-likeness (QED) is 0.780. The van der Waals surface area contributed by atoms with Gasteiger partial charge < -0.3 is 5.32 Å². The summed E-state index contributed by atoms with van der Waals surface area (Å²) in [6.07, 6.45) is 5.90. The molecule has 1 N–H and O–H groups in total. The third-order valence-corrected chi connectivity index (χ3v) is 4.08. The molecule has 112 valence electrons. The molecule has 7 heteroatoms. The minimum atomic E-state index is -0.146. The molecule has 1 amide bonds. The average Bonchev–Trinajstić information content (AvgIpc) is 3.11. The first-order chi connectivity index (χ1) is 10.7. The second-order valence-corrected chi connectivity index (χ2v) is 6.24. The van der Waals surface area contributed by atoms with Crippen molar-refractivity contribution in [1.82, 2.24) is 14.8 Å². The zero-order valence-corrected chi connectivity index (χ0v) is 13.1. The van der Waals surface area contributed by atoms with Crippen LogP contribution in [0, 0.1) is 0 Å². The van der Waals surface area contributed by atoms with Crippen molar-refractivity contribution in [3.63, 3.8) is 0 Å². The molecule has 0 spiro atoms. The number of carbonyl (C=O) groups excluding carboxylic acids is 1. The van der Waals surface area contributed by atoms with Crippen LogP contribution in [0.25, 0.3) is 0 Å². The van der Waals surface area contributed by atoms with E-state index in [9.17, 15) is 4.79 Å². The Morgan fingerprint density at radius 3 is 3.05 bits per heavy atom. The predicted octanol–water partition coefficient (Wildman–Crippen LogP) is 3.22. The van der Waals surface area contributed by atoms with Crippen molar-refractivity contribution in [2.24, 2.45) is 0 Å². The summed E-state index contributed by atoms with van der Waals surface area (Å²) in [7, 11) is 0. The first-order valence-corrected chi connectivity index (χ1v) is 7.85. The van der Waals surface area contributed by atoms with E-state index in [1.54, 1.807) is 29.3 Å². The predicted molar refractivity (Wildman–Crippen MR) is 87.2 cm³/mol. The van der Waals surface area contributed by atoms with Gasteiger partial charge in [-0.15, -0.1) is 11.3 Å². The van der Waals surface area contributed by atoms with Gasteiger partial charge in [-0.05, 0) is 23.8 Å². The van der Waals surface area contributed by atoms with Gasteiger partial charge in [-0.3, -0.25) is 9.48 Å². The summed E-state index contributed by atoms with van der Waals surface area (Å²) in [5, 5.41) is 8.08. The lowest BCUT2D eigenvalue weighted by Gasteiger charge is -2.01. The molecule has 1 aromatic carbocycles. The van der Waals surface area contributed by atoms with E-state index in [1.807, 2.05) is 24.3 Å². The minimum absolute atomic E-state index is 0.146. The van der Waals surface area contributed by atoms with Crippen LogP contribution in [0.5, 0.6) is 0 Å². The normalized spacial score (nSPS) is 10.6. The summed E-state index contributed by atoms with van der Waals surface area (Å²) in [5.41, 5.74) is 1.12. The van der Waals surface area contributed by atoms with Crippen molar-refractivity contribution in [2.45, 2.75) is 13.0 Å². The largest absolute Gasteiger partial charge is 0.300 e. The Labute approximate surface area is 136 Å². The number of carbonyl (C=O) groups is 1. The highest BCUT2D eigenvalue weighted by atomic mass is 35.5. The number of hydrogen-bond donors (Lipinski definition) is 1. The molecule has 0 unspecified atom stereocenters. The Hall–Kier alpha value is -2.18. The molecule has 0 atom stereocenters. The highest BCUT2D eigenvalue weighted by Crippen LogP contribution is 2.22. The van der Waals surface area contributed by atoms with E-state index < -0.39 is 0 Å². The molecule has 3 rings (SSSR count). The average molecular weight is 333 g/mol. The molecule has 22 heavy (non-hydrogen) atoms. The first-order valence-electron chi connectivity index (χ1n) is 6.65. The molecule has 2 heterocycles. The van der Waals surface area contributed by atoms with Crippen LogP contribution in [-0.4, -0.2) is 20.7 Å². The second kappa shape index (κ2) is 6.72. The molecule has 0 bridgehead atoms. The van der Waals surface area contributed by atoms with Crippen LogP contribution in [0.4, 0.5) is 5.13 Å². The summed E-state index contributed by atoms with van der Waals surface area (Å²) in [6, 6.07) is 9.49. The molecule has 0 aliphatic carbocycles. The topological polar surface area (TPSA) is 59.8 Å². The molecule has 0 saturated carbocycles. The van der Waals surface area contributed by atoms with Crippen LogP contribution in [0.2, 0.25) is 5.02 Å². The van der Waals surface area contributed by atoms with E-state index in [0.29, 0.717) is 5.13 Å². The third-order valence-electron chi connectivity index (χ3n) is 2.93. The molecule has 0 fully saturated rings. The maximum absolute atomic E-state index is 11.9.